The second kappa shape index (κ2) is 4.73. The molecule has 1 amide bonds. The van der Waals surface area contributed by atoms with Gasteiger partial charge in [-0.05, 0) is 38.4 Å². The lowest BCUT2D eigenvalue weighted by Crippen LogP contribution is -2.14. The maximum atomic E-state index is 11.9. The molecule has 1 N–H and O–H groups in total. The molecule has 2 heterocycles. The van der Waals surface area contributed by atoms with E-state index in [9.17, 15) is 4.79 Å². The van der Waals surface area contributed by atoms with Gasteiger partial charge in [-0.1, -0.05) is 5.16 Å². The van der Waals surface area contributed by atoms with Gasteiger partial charge in [0.1, 0.15) is 5.69 Å². The van der Waals surface area contributed by atoms with E-state index in [1.807, 2.05) is 0 Å². The number of carbonyl (C=O) groups excluding carboxylic acids is 1. The van der Waals surface area contributed by atoms with Gasteiger partial charge in [0, 0.05) is 11.3 Å². The Labute approximate surface area is 108 Å². The van der Waals surface area contributed by atoms with Crippen molar-refractivity contribution in [1.82, 2.24) is 15.1 Å². The maximum absolute atomic E-state index is 11.9. The van der Waals surface area contributed by atoms with Crippen molar-refractivity contribution in [2.75, 3.05) is 5.32 Å². The third kappa shape index (κ3) is 2.48. The second-order valence-corrected chi connectivity index (χ2v) is 4.18. The number of aryl methyl sites for hydroxylation is 2. The Hall–Kier alpha value is -1.95. The Kier molecular flexibility index (Phi) is 3.29. The zero-order valence-electron chi connectivity index (χ0n) is 10.1. The first-order valence-electron chi connectivity index (χ1n) is 5.23. The Morgan fingerprint density at radius 1 is 1.33 bits per heavy atom. The molecule has 0 saturated carbocycles. The van der Waals surface area contributed by atoms with E-state index >= 15 is 0 Å². The quantitative estimate of drug-likeness (QED) is 0.844. The smallest absolute Gasteiger partial charge is 0.276 e. The largest absolute Gasteiger partial charge is 0.338 e. The Balaban J connectivity index is 2.24. The number of hydrogen-bond acceptors (Lipinski definition) is 5. The van der Waals surface area contributed by atoms with Crippen LogP contribution in [0.25, 0.3) is 0 Å². The average Bonchev–Trinajstić information content (AvgIpc) is 2.59. The van der Waals surface area contributed by atoms with Crippen LogP contribution in [0.3, 0.4) is 0 Å². The Morgan fingerprint density at radius 2 is 2.06 bits per heavy atom. The number of rotatable bonds is 2. The molecule has 18 heavy (non-hydrogen) atoms. The van der Waals surface area contributed by atoms with E-state index in [4.69, 9.17) is 16.1 Å². The highest BCUT2D eigenvalue weighted by molar-refractivity contribution is 6.28. The van der Waals surface area contributed by atoms with Crippen molar-refractivity contribution in [3.63, 3.8) is 0 Å². The highest BCUT2D eigenvalue weighted by atomic mass is 35.5. The van der Waals surface area contributed by atoms with Gasteiger partial charge in [0.15, 0.2) is 0 Å². The molecule has 0 radical (unpaired) electrons. The normalized spacial score (nSPS) is 10.4. The van der Waals surface area contributed by atoms with Crippen LogP contribution < -0.4 is 5.32 Å². The monoisotopic (exact) mass is 266 g/mol. The van der Waals surface area contributed by atoms with Crippen LogP contribution in [0.5, 0.6) is 0 Å². The van der Waals surface area contributed by atoms with Crippen LogP contribution in [-0.4, -0.2) is 21.0 Å². The van der Waals surface area contributed by atoms with E-state index in [0.717, 1.165) is 11.3 Å². The van der Waals surface area contributed by atoms with Gasteiger partial charge in [0.2, 0.25) is 11.2 Å². The lowest BCUT2D eigenvalue weighted by molar-refractivity contribution is 0.101. The summed E-state index contributed by atoms with van der Waals surface area (Å²) < 4.78 is 4.99. The van der Waals surface area contributed by atoms with Crippen LogP contribution in [0.1, 0.15) is 27.4 Å². The highest BCUT2D eigenvalue weighted by Gasteiger charge is 2.15. The molecular weight excluding hydrogens is 256 g/mol. The van der Waals surface area contributed by atoms with Crippen molar-refractivity contribution in [1.29, 1.82) is 0 Å². The van der Waals surface area contributed by atoms with Crippen LogP contribution in [0.15, 0.2) is 10.6 Å². The molecule has 0 spiro atoms. The van der Waals surface area contributed by atoms with E-state index in [1.165, 1.54) is 0 Å². The van der Waals surface area contributed by atoms with Crippen molar-refractivity contribution in [3.8, 4) is 0 Å². The van der Waals surface area contributed by atoms with Gasteiger partial charge in [-0.25, -0.2) is 9.97 Å². The Morgan fingerprint density at radius 3 is 2.61 bits per heavy atom. The van der Waals surface area contributed by atoms with Crippen LogP contribution in [0.4, 0.5) is 5.88 Å². The molecule has 0 aliphatic rings. The van der Waals surface area contributed by atoms with Crippen LogP contribution in [0, 0.1) is 20.8 Å². The van der Waals surface area contributed by atoms with Crippen molar-refractivity contribution in [2.24, 2.45) is 0 Å². The molecule has 0 saturated heterocycles. The number of carbonyl (C=O) groups is 1. The topological polar surface area (TPSA) is 80.9 Å². The predicted octanol–water partition coefficient (Wildman–Crippen LogP) is 2.30. The Bertz CT molecular complexity index is 589. The highest BCUT2D eigenvalue weighted by Crippen LogP contribution is 2.18. The molecule has 7 heteroatoms. The molecule has 94 valence electrons. The summed E-state index contributed by atoms with van der Waals surface area (Å²) in [6, 6.07) is 1.54. The molecule has 0 aromatic carbocycles. The summed E-state index contributed by atoms with van der Waals surface area (Å²) in [5, 5.41) is 6.37. The van der Waals surface area contributed by atoms with Crippen LogP contribution in [0.2, 0.25) is 5.28 Å². The summed E-state index contributed by atoms with van der Waals surface area (Å²) >= 11 is 5.69. The molecule has 0 unspecified atom stereocenters. The number of hydrogen-bond donors (Lipinski definition) is 1. The standard InChI is InChI=1S/C11H11ClN4O2/c1-5-4-8(14-11(12)13-5)9(17)15-10-6(2)7(3)16-18-10/h4H,1-3H3,(H,15,17). The predicted molar refractivity (Wildman–Crippen MR) is 65.7 cm³/mol. The summed E-state index contributed by atoms with van der Waals surface area (Å²) in [4.78, 5) is 19.7. The number of nitrogens with zero attached hydrogens (tertiary/aromatic N) is 3. The summed E-state index contributed by atoms with van der Waals surface area (Å²) in [6.07, 6.45) is 0. The van der Waals surface area contributed by atoms with Gasteiger partial charge >= 0.3 is 0 Å². The summed E-state index contributed by atoms with van der Waals surface area (Å²) in [5.74, 6) is -0.105. The SMILES string of the molecule is Cc1cc(C(=O)Nc2onc(C)c2C)nc(Cl)n1. The number of amides is 1. The van der Waals surface area contributed by atoms with Crippen LogP contribution in [-0.2, 0) is 0 Å². The lowest BCUT2D eigenvalue weighted by Gasteiger charge is -2.02. The average molecular weight is 267 g/mol. The van der Waals surface area contributed by atoms with Crippen molar-refractivity contribution >= 4 is 23.4 Å². The third-order valence-electron chi connectivity index (χ3n) is 2.44. The molecule has 6 nitrogen and oxygen atoms in total. The van der Waals surface area contributed by atoms with Gasteiger partial charge in [-0.15, -0.1) is 0 Å². The second-order valence-electron chi connectivity index (χ2n) is 3.84. The summed E-state index contributed by atoms with van der Waals surface area (Å²) in [5.41, 5.74) is 2.30. The molecule has 2 aromatic heterocycles. The first kappa shape index (κ1) is 12.5. The summed E-state index contributed by atoms with van der Waals surface area (Å²) in [7, 11) is 0. The zero-order valence-corrected chi connectivity index (χ0v) is 10.9. The fourth-order valence-corrected chi connectivity index (χ4v) is 1.57. The molecule has 0 atom stereocenters. The van der Waals surface area contributed by atoms with Gasteiger partial charge in [0.05, 0.1) is 5.69 Å². The molecule has 2 aromatic rings. The maximum Gasteiger partial charge on any atom is 0.276 e. The van der Waals surface area contributed by atoms with Gasteiger partial charge < -0.3 is 4.52 Å². The zero-order chi connectivity index (χ0) is 13.3. The number of nitrogens with one attached hydrogen (secondary N) is 1. The van der Waals surface area contributed by atoms with Gasteiger partial charge in [-0.2, -0.15) is 0 Å². The van der Waals surface area contributed by atoms with E-state index in [-0.39, 0.29) is 11.0 Å². The molecule has 0 fully saturated rings. The number of anilines is 1. The van der Waals surface area contributed by atoms with E-state index in [0.29, 0.717) is 11.6 Å². The van der Waals surface area contributed by atoms with Crippen molar-refractivity contribution < 1.29 is 9.32 Å². The third-order valence-corrected chi connectivity index (χ3v) is 2.61. The van der Waals surface area contributed by atoms with Gasteiger partial charge in [0.25, 0.3) is 5.91 Å². The summed E-state index contributed by atoms with van der Waals surface area (Å²) in [6.45, 7) is 5.33. The minimum atomic E-state index is -0.415. The minimum Gasteiger partial charge on any atom is -0.338 e. The van der Waals surface area contributed by atoms with Gasteiger partial charge in [-0.3, -0.25) is 10.1 Å². The first-order chi connectivity index (χ1) is 8.47. The fraction of sp³-hybridized carbons (Fsp3) is 0.273. The van der Waals surface area contributed by atoms with Crippen LogP contribution >= 0.6 is 11.6 Å². The van der Waals surface area contributed by atoms with Crippen molar-refractivity contribution in [2.45, 2.75) is 20.8 Å². The van der Waals surface area contributed by atoms with E-state index in [1.54, 1.807) is 26.8 Å². The molecule has 0 bridgehead atoms. The first-order valence-corrected chi connectivity index (χ1v) is 5.60. The molecule has 0 aliphatic carbocycles. The van der Waals surface area contributed by atoms with Crippen molar-refractivity contribution in [3.05, 3.63) is 34.0 Å². The minimum absolute atomic E-state index is 0.0330. The number of aromatic nitrogens is 3. The molecule has 2 rings (SSSR count). The molecular formula is C11H11ClN4O2. The molecule has 0 aliphatic heterocycles. The van der Waals surface area contributed by atoms with E-state index in [2.05, 4.69) is 20.4 Å². The van der Waals surface area contributed by atoms with E-state index < -0.39 is 5.91 Å². The number of halogens is 1. The lowest BCUT2D eigenvalue weighted by atomic mass is 10.2. The fourth-order valence-electron chi connectivity index (χ4n) is 1.35.